The molecule has 126 valence electrons. The summed E-state index contributed by atoms with van der Waals surface area (Å²) >= 11 is 6.05. The summed E-state index contributed by atoms with van der Waals surface area (Å²) < 4.78 is 0. The number of hydrogen-bond acceptors (Lipinski definition) is 3. The Bertz CT molecular complexity index is 951. The summed E-state index contributed by atoms with van der Waals surface area (Å²) in [6.07, 6.45) is 4.30. The summed E-state index contributed by atoms with van der Waals surface area (Å²) in [6, 6.07) is 13.5. The monoisotopic (exact) mass is 351 g/mol. The molecular formula is C20H18ClN3O. The second-order valence-electron chi connectivity index (χ2n) is 6.41. The Hall–Kier alpha value is -2.59. The summed E-state index contributed by atoms with van der Waals surface area (Å²) in [4.78, 5) is 18.8. The van der Waals surface area contributed by atoms with Crippen LogP contribution in [0.5, 0.6) is 0 Å². The van der Waals surface area contributed by atoms with E-state index in [4.69, 9.17) is 11.6 Å². The molecular weight excluding hydrogens is 334 g/mol. The molecule has 0 saturated heterocycles. The predicted octanol–water partition coefficient (Wildman–Crippen LogP) is 3.88. The number of halogens is 1. The highest BCUT2D eigenvalue weighted by Gasteiger charge is 2.29. The number of amides is 1. The first-order valence-corrected chi connectivity index (χ1v) is 8.61. The van der Waals surface area contributed by atoms with Gasteiger partial charge in [-0.1, -0.05) is 29.8 Å². The number of likely N-dealkylation sites (N-methyl/N-ethyl adjacent to an activating group) is 1. The van der Waals surface area contributed by atoms with Gasteiger partial charge in [0.25, 0.3) is 0 Å². The molecule has 1 N–H and O–H groups in total. The van der Waals surface area contributed by atoms with E-state index in [0.717, 1.165) is 27.6 Å². The maximum atomic E-state index is 12.9. The molecule has 1 aliphatic heterocycles. The molecule has 1 aromatic heterocycles. The van der Waals surface area contributed by atoms with E-state index in [1.165, 1.54) is 0 Å². The van der Waals surface area contributed by atoms with Crippen molar-refractivity contribution in [3.8, 4) is 0 Å². The number of hydrogen-bond donors (Lipinski definition) is 1. The summed E-state index contributed by atoms with van der Waals surface area (Å²) in [5, 5.41) is 6.22. The van der Waals surface area contributed by atoms with Gasteiger partial charge in [-0.25, -0.2) is 0 Å². The third kappa shape index (κ3) is 3.05. The van der Waals surface area contributed by atoms with Crippen LogP contribution in [-0.2, 0) is 17.8 Å². The van der Waals surface area contributed by atoms with Gasteiger partial charge in [-0.3, -0.25) is 9.78 Å². The van der Waals surface area contributed by atoms with E-state index in [1.54, 1.807) is 11.1 Å². The summed E-state index contributed by atoms with van der Waals surface area (Å²) in [5.74, 6) is 0.0818. The van der Waals surface area contributed by atoms with E-state index in [-0.39, 0.29) is 11.9 Å². The number of anilines is 1. The van der Waals surface area contributed by atoms with Crippen LogP contribution in [0.15, 0.2) is 54.9 Å². The molecule has 0 bridgehead atoms. The predicted molar refractivity (Wildman–Crippen MR) is 101 cm³/mol. The molecule has 4 rings (SSSR count). The second kappa shape index (κ2) is 6.37. The first-order valence-electron chi connectivity index (χ1n) is 8.23. The third-order valence-corrected chi connectivity index (χ3v) is 4.91. The molecule has 0 aliphatic carbocycles. The summed E-state index contributed by atoms with van der Waals surface area (Å²) in [6.45, 7) is 0.565. The lowest BCUT2D eigenvalue weighted by atomic mass is 10.1. The topological polar surface area (TPSA) is 45.2 Å². The van der Waals surface area contributed by atoms with Crippen LogP contribution >= 0.6 is 11.6 Å². The molecule has 1 unspecified atom stereocenters. The fourth-order valence-corrected chi connectivity index (χ4v) is 3.60. The summed E-state index contributed by atoms with van der Waals surface area (Å²) in [5.41, 5.74) is 3.21. The Labute approximate surface area is 151 Å². The van der Waals surface area contributed by atoms with E-state index in [9.17, 15) is 4.79 Å². The first-order chi connectivity index (χ1) is 12.1. The maximum Gasteiger partial charge on any atom is 0.245 e. The highest BCUT2D eigenvalue weighted by Crippen LogP contribution is 2.29. The zero-order valence-electron chi connectivity index (χ0n) is 13.9. The first kappa shape index (κ1) is 15.9. The number of aromatic nitrogens is 1. The van der Waals surface area contributed by atoms with E-state index in [2.05, 4.69) is 16.4 Å². The van der Waals surface area contributed by atoms with Crippen molar-refractivity contribution in [2.75, 3.05) is 12.4 Å². The fraction of sp³-hybridized carbons (Fsp3) is 0.200. The Kier molecular flexibility index (Phi) is 4.06. The van der Waals surface area contributed by atoms with Gasteiger partial charge in [-0.2, -0.15) is 0 Å². The standard InChI is InChI=1S/C20H18ClN3O/c1-24(12-14-4-2-3-13-11-22-8-7-17(13)14)20(25)19-10-15-9-16(21)5-6-18(15)23-19/h2-9,11,19,23H,10,12H2,1H3. The zero-order valence-corrected chi connectivity index (χ0v) is 14.6. The minimum atomic E-state index is -0.241. The van der Waals surface area contributed by atoms with Crippen LogP contribution in [0.1, 0.15) is 11.1 Å². The number of pyridine rings is 1. The zero-order chi connectivity index (χ0) is 17.4. The third-order valence-electron chi connectivity index (χ3n) is 4.67. The highest BCUT2D eigenvalue weighted by atomic mass is 35.5. The maximum absolute atomic E-state index is 12.9. The molecule has 1 aliphatic rings. The second-order valence-corrected chi connectivity index (χ2v) is 6.85. The van der Waals surface area contributed by atoms with Gasteiger partial charge >= 0.3 is 0 Å². The van der Waals surface area contributed by atoms with Crippen molar-refractivity contribution in [3.63, 3.8) is 0 Å². The lowest BCUT2D eigenvalue weighted by molar-refractivity contribution is -0.131. The van der Waals surface area contributed by atoms with Crippen LogP contribution in [0.25, 0.3) is 10.8 Å². The van der Waals surface area contributed by atoms with Crippen LogP contribution in [0.3, 0.4) is 0 Å². The van der Waals surface area contributed by atoms with Gasteiger partial charge in [-0.05, 0) is 40.8 Å². The molecule has 0 fully saturated rings. The van der Waals surface area contributed by atoms with E-state index in [1.807, 2.05) is 49.6 Å². The number of carbonyl (C=O) groups excluding carboxylic acids is 1. The van der Waals surface area contributed by atoms with Crippen molar-refractivity contribution in [2.24, 2.45) is 0 Å². The fourth-order valence-electron chi connectivity index (χ4n) is 3.41. The lowest BCUT2D eigenvalue weighted by Gasteiger charge is -2.22. The number of fused-ring (bicyclic) bond motifs is 2. The molecule has 5 heteroatoms. The molecule has 25 heavy (non-hydrogen) atoms. The normalized spacial score (nSPS) is 15.7. The molecule has 1 atom stereocenters. The smallest absolute Gasteiger partial charge is 0.245 e. The van der Waals surface area contributed by atoms with E-state index >= 15 is 0 Å². The van der Waals surface area contributed by atoms with Gasteiger partial charge in [0.05, 0.1) is 0 Å². The Morgan fingerprint density at radius 3 is 3.08 bits per heavy atom. The number of carbonyl (C=O) groups is 1. The lowest BCUT2D eigenvalue weighted by Crippen LogP contribution is -2.39. The SMILES string of the molecule is CN(Cc1cccc2cnccc12)C(=O)C1Cc2cc(Cl)ccc2N1. The minimum Gasteiger partial charge on any atom is -0.373 e. The molecule has 2 aromatic carbocycles. The Balaban J connectivity index is 1.52. The Morgan fingerprint density at radius 1 is 1.32 bits per heavy atom. The van der Waals surface area contributed by atoms with Gasteiger partial charge in [0.2, 0.25) is 5.91 Å². The molecule has 0 radical (unpaired) electrons. The molecule has 2 heterocycles. The largest absolute Gasteiger partial charge is 0.373 e. The van der Waals surface area contributed by atoms with Crippen LogP contribution < -0.4 is 5.32 Å². The molecule has 3 aromatic rings. The quantitative estimate of drug-likeness (QED) is 0.778. The van der Waals surface area contributed by atoms with Crippen molar-refractivity contribution in [1.29, 1.82) is 0 Å². The van der Waals surface area contributed by atoms with Crippen molar-refractivity contribution in [3.05, 3.63) is 71.0 Å². The minimum absolute atomic E-state index is 0.0818. The van der Waals surface area contributed by atoms with Crippen LogP contribution in [-0.4, -0.2) is 28.9 Å². The number of benzene rings is 2. The molecule has 0 spiro atoms. The van der Waals surface area contributed by atoms with Crippen molar-refractivity contribution < 1.29 is 4.79 Å². The van der Waals surface area contributed by atoms with Gasteiger partial charge in [0, 0.05) is 48.5 Å². The number of rotatable bonds is 3. The van der Waals surface area contributed by atoms with Crippen molar-refractivity contribution in [2.45, 2.75) is 19.0 Å². The van der Waals surface area contributed by atoms with Crippen molar-refractivity contribution >= 4 is 34.0 Å². The van der Waals surface area contributed by atoms with E-state index < -0.39 is 0 Å². The molecule has 0 saturated carbocycles. The summed E-state index contributed by atoms with van der Waals surface area (Å²) in [7, 11) is 1.85. The molecule has 4 nitrogen and oxygen atoms in total. The van der Waals surface area contributed by atoms with Crippen molar-refractivity contribution in [1.82, 2.24) is 9.88 Å². The number of nitrogens with zero attached hydrogens (tertiary/aromatic N) is 2. The Morgan fingerprint density at radius 2 is 2.20 bits per heavy atom. The van der Waals surface area contributed by atoms with Gasteiger partial charge in [0.1, 0.15) is 6.04 Å². The van der Waals surface area contributed by atoms with E-state index in [0.29, 0.717) is 18.0 Å². The number of nitrogens with one attached hydrogen (secondary N) is 1. The molecule has 1 amide bonds. The average molecular weight is 352 g/mol. The van der Waals surface area contributed by atoms with Gasteiger partial charge < -0.3 is 10.2 Å². The van der Waals surface area contributed by atoms with Gasteiger partial charge in [-0.15, -0.1) is 0 Å². The van der Waals surface area contributed by atoms with Crippen LogP contribution in [0.4, 0.5) is 5.69 Å². The van der Waals surface area contributed by atoms with Crippen LogP contribution in [0, 0.1) is 0 Å². The van der Waals surface area contributed by atoms with Crippen LogP contribution in [0.2, 0.25) is 5.02 Å². The average Bonchev–Trinajstić information content (AvgIpc) is 3.04. The van der Waals surface area contributed by atoms with Gasteiger partial charge in [0.15, 0.2) is 0 Å². The highest BCUT2D eigenvalue weighted by molar-refractivity contribution is 6.30.